The highest BCUT2D eigenvalue weighted by Gasteiger charge is 1.84. The molecule has 1 N–H and O–H groups in total. The molecule has 9 heavy (non-hydrogen) atoms. The minimum Gasteiger partial charge on any atom is -0.260 e. The van der Waals surface area contributed by atoms with Crippen molar-refractivity contribution >= 4 is 11.9 Å². The van der Waals surface area contributed by atoms with Crippen LogP contribution < -0.4 is 4.72 Å². The fourth-order valence-electron chi connectivity index (χ4n) is 0.659. The predicted octanol–water partition coefficient (Wildman–Crippen LogP) is 2.09. The zero-order chi connectivity index (χ0) is 6.36. The van der Waals surface area contributed by atoms with Crippen LogP contribution in [0.15, 0.2) is 23.6 Å². The zero-order valence-corrected chi connectivity index (χ0v) is 6.16. The largest absolute Gasteiger partial charge is 0.260 e. The summed E-state index contributed by atoms with van der Waals surface area (Å²) in [7, 11) is 0. The summed E-state index contributed by atoms with van der Waals surface area (Å²) in [4.78, 5) is 0. The third-order valence-electron chi connectivity index (χ3n) is 1.13. The Balaban J connectivity index is 2.28. The van der Waals surface area contributed by atoms with Crippen LogP contribution >= 0.6 is 11.9 Å². The maximum Gasteiger partial charge on any atom is 0.00645 e. The smallest absolute Gasteiger partial charge is 0.00645 e. The number of allylic oxidation sites excluding steroid dienone is 3. The molecule has 50 valence electrons. The molecule has 0 aromatic rings. The van der Waals surface area contributed by atoms with Crippen LogP contribution in [0.1, 0.15) is 12.8 Å². The van der Waals surface area contributed by atoms with Gasteiger partial charge in [-0.1, -0.05) is 30.2 Å². The van der Waals surface area contributed by atoms with Crippen molar-refractivity contribution in [1.82, 2.24) is 4.72 Å². The Kier molecular flexibility index (Phi) is 3.57. The lowest BCUT2D eigenvalue weighted by atomic mass is 10.3. The molecule has 0 fully saturated rings. The van der Waals surface area contributed by atoms with Crippen molar-refractivity contribution in [1.29, 1.82) is 0 Å². The SMILES string of the molecule is C1=C\SNCCC/C=C/1. The van der Waals surface area contributed by atoms with Gasteiger partial charge in [-0.15, -0.1) is 0 Å². The Labute approximate surface area is 60.4 Å². The molecule has 0 aromatic heterocycles. The lowest BCUT2D eigenvalue weighted by molar-refractivity contribution is 0.818. The standard InChI is InChI=1S/C7H11NS/c1-2-4-6-8-9-7-5-3-1/h1,3,5,7-8H,2,4,6H2/b3-1+,7-5-. The number of nitrogens with one attached hydrogen (secondary N) is 1. The van der Waals surface area contributed by atoms with Gasteiger partial charge in [-0.3, -0.25) is 4.72 Å². The summed E-state index contributed by atoms with van der Waals surface area (Å²) in [6.45, 7) is 1.11. The summed E-state index contributed by atoms with van der Waals surface area (Å²) in [5.41, 5.74) is 0. The van der Waals surface area contributed by atoms with Gasteiger partial charge in [-0.25, -0.2) is 0 Å². The molecule has 1 heterocycles. The van der Waals surface area contributed by atoms with Crippen LogP contribution in [0.4, 0.5) is 0 Å². The molecule has 0 atom stereocenters. The number of hydrogen-bond donors (Lipinski definition) is 1. The average Bonchev–Trinajstić information content (AvgIpc) is 2.00. The predicted molar refractivity (Wildman–Crippen MR) is 43.1 cm³/mol. The quantitative estimate of drug-likeness (QED) is 0.518. The summed E-state index contributed by atoms with van der Waals surface area (Å²) in [6, 6.07) is 0. The van der Waals surface area contributed by atoms with Gasteiger partial charge < -0.3 is 0 Å². The molecule has 0 aliphatic carbocycles. The second kappa shape index (κ2) is 4.65. The highest BCUT2D eigenvalue weighted by Crippen LogP contribution is 2.00. The maximum atomic E-state index is 3.22. The highest BCUT2D eigenvalue weighted by molar-refractivity contribution is 8.00. The van der Waals surface area contributed by atoms with Crippen LogP contribution in [0.25, 0.3) is 0 Å². The fourth-order valence-corrected chi connectivity index (χ4v) is 1.19. The topological polar surface area (TPSA) is 12.0 Å². The monoisotopic (exact) mass is 141 g/mol. The van der Waals surface area contributed by atoms with Crippen LogP contribution in [0.2, 0.25) is 0 Å². The molecule has 0 radical (unpaired) electrons. The number of hydrogen-bond acceptors (Lipinski definition) is 2. The second-order valence-corrected chi connectivity index (χ2v) is 2.71. The molecular formula is C7H11NS. The van der Waals surface area contributed by atoms with E-state index < -0.39 is 0 Å². The third kappa shape index (κ3) is 3.38. The Bertz CT molecular complexity index is 104. The zero-order valence-electron chi connectivity index (χ0n) is 5.34. The highest BCUT2D eigenvalue weighted by atomic mass is 32.2. The van der Waals surface area contributed by atoms with E-state index in [1.807, 2.05) is 0 Å². The second-order valence-electron chi connectivity index (χ2n) is 1.91. The fraction of sp³-hybridized carbons (Fsp3) is 0.429. The van der Waals surface area contributed by atoms with Crippen LogP contribution in [0.3, 0.4) is 0 Å². The first-order valence-corrected chi connectivity index (χ1v) is 4.08. The van der Waals surface area contributed by atoms with Crippen LogP contribution in [0, 0.1) is 0 Å². The molecule has 1 rings (SSSR count). The minimum absolute atomic E-state index is 1.11. The molecule has 1 nitrogen and oxygen atoms in total. The van der Waals surface area contributed by atoms with E-state index in [0.717, 1.165) is 6.54 Å². The first-order valence-electron chi connectivity index (χ1n) is 3.20. The van der Waals surface area contributed by atoms with Gasteiger partial charge in [0.15, 0.2) is 0 Å². The molecule has 1 aliphatic rings. The average molecular weight is 141 g/mol. The van der Waals surface area contributed by atoms with E-state index in [1.165, 1.54) is 12.8 Å². The van der Waals surface area contributed by atoms with Crippen molar-refractivity contribution < 1.29 is 0 Å². The van der Waals surface area contributed by atoms with E-state index in [2.05, 4.69) is 28.4 Å². The molecule has 0 unspecified atom stereocenters. The van der Waals surface area contributed by atoms with E-state index >= 15 is 0 Å². The van der Waals surface area contributed by atoms with Gasteiger partial charge in [0.05, 0.1) is 0 Å². The Morgan fingerprint density at radius 2 is 2.33 bits per heavy atom. The molecular weight excluding hydrogens is 130 g/mol. The molecule has 0 saturated heterocycles. The van der Waals surface area contributed by atoms with E-state index in [4.69, 9.17) is 0 Å². The van der Waals surface area contributed by atoms with Gasteiger partial charge in [0.1, 0.15) is 0 Å². The number of rotatable bonds is 0. The van der Waals surface area contributed by atoms with Gasteiger partial charge in [-0.05, 0) is 18.2 Å². The van der Waals surface area contributed by atoms with Gasteiger partial charge in [-0.2, -0.15) is 0 Å². The molecule has 0 spiro atoms. The van der Waals surface area contributed by atoms with Crippen molar-refractivity contribution in [2.45, 2.75) is 12.8 Å². The van der Waals surface area contributed by atoms with Crippen molar-refractivity contribution in [3.05, 3.63) is 23.6 Å². The lowest BCUT2D eigenvalue weighted by Crippen LogP contribution is -2.02. The molecule has 0 bridgehead atoms. The summed E-state index contributed by atoms with van der Waals surface area (Å²) in [5.74, 6) is 0. The summed E-state index contributed by atoms with van der Waals surface area (Å²) in [6.07, 6.45) is 8.79. The van der Waals surface area contributed by atoms with Crippen molar-refractivity contribution in [3.63, 3.8) is 0 Å². The van der Waals surface area contributed by atoms with Crippen LogP contribution in [-0.2, 0) is 0 Å². The van der Waals surface area contributed by atoms with Gasteiger partial charge in [0.25, 0.3) is 0 Å². The van der Waals surface area contributed by atoms with Crippen LogP contribution in [0.5, 0.6) is 0 Å². The Morgan fingerprint density at radius 1 is 1.33 bits per heavy atom. The normalized spacial score (nSPS) is 27.6. The molecule has 0 saturated carbocycles. The van der Waals surface area contributed by atoms with Gasteiger partial charge >= 0.3 is 0 Å². The Morgan fingerprint density at radius 3 is 3.33 bits per heavy atom. The summed E-state index contributed by atoms with van der Waals surface area (Å²) < 4.78 is 3.22. The minimum atomic E-state index is 1.11. The molecule has 2 heteroatoms. The van der Waals surface area contributed by atoms with E-state index in [0.29, 0.717) is 0 Å². The van der Waals surface area contributed by atoms with E-state index in [9.17, 15) is 0 Å². The van der Waals surface area contributed by atoms with Gasteiger partial charge in [0.2, 0.25) is 0 Å². The van der Waals surface area contributed by atoms with Gasteiger partial charge in [0, 0.05) is 6.54 Å². The first-order chi connectivity index (χ1) is 4.50. The molecule has 0 aromatic carbocycles. The Hall–Kier alpha value is -0.210. The summed E-state index contributed by atoms with van der Waals surface area (Å²) >= 11 is 1.66. The first kappa shape index (κ1) is 6.90. The van der Waals surface area contributed by atoms with Crippen LogP contribution in [-0.4, -0.2) is 6.54 Å². The van der Waals surface area contributed by atoms with E-state index in [1.54, 1.807) is 11.9 Å². The van der Waals surface area contributed by atoms with Crippen molar-refractivity contribution in [2.75, 3.05) is 6.54 Å². The van der Waals surface area contributed by atoms with Crippen molar-refractivity contribution in [3.8, 4) is 0 Å². The third-order valence-corrected chi connectivity index (χ3v) is 1.79. The summed E-state index contributed by atoms with van der Waals surface area (Å²) in [5, 5.41) is 2.06. The lowest BCUT2D eigenvalue weighted by Gasteiger charge is -1.94. The molecule has 0 amide bonds. The van der Waals surface area contributed by atoms with Crippen molar-refractivity contribution in [2.24, 2.45) is 0 Å². The molecule has 1 aliphatic heterocycles. The van der Waals surface area contributed by atoms with E-state index in [-0.39, 0.29) is 0 Å². The maximum absolute atomic E-state index is 3.22.